The lowest BCUT2D eigenvalue weighted by molar-refractivity contribution is -0.0896. The molecule has 0 aliphatic heterocycles. The van der Waals surface area contributed by atoms with Crippen molar-refractivity contribution in [2.24, 2.45) is 17.8 Å². The van der Waals surface area contributed by atoms with Gasteiger partial charge in [-0.05, 0) is 54.9 Å². The molecule has 2 aromatic rings. The largest absolute Gasteiger partial charge is 0.383 e. The van der Waals surface area contributed by atoms with E-state index >= 15 is 0 Å². The van der Waals surface area contributed by atoms with E-state index in [1.54, 1.807) is 6.20 Å². The van der Waals surface area contributed by atoms with Crippen molar-refractivity contribution in [1.29, 1.82) is 0 Å². The predicted octanol–water partition coefficient (Wildman–Crippen LogP) is 4.42. The molecule has 1 aliphatic rings. The zero-order valence-corrected chi connectivity index (χ0v) is 14.2. The number of nitrogens with zero attached hydrogens (tertiary/aromatic N) is 2. The summed E-state index contributed by atoms with van der Waals surface area (Å²) in [5.74, 6) is 1.22. The highest BCUT2D eigenvalue weighted by Gasteiger charge is 2.45. The first-order valence-electron chi connectivity index (χ1n) is 8.62. The first-order chi connectivity index (χ1) is 11.0. The minimum Gasteiger partial charge on any atom is -0.383 e. The second-order valence-corrected chi connectivity index (χ2v) is 7.28. The number of aromatic nitrogens is 2. The molecule has 0 radical (unpaired) electrons. The summed E-state index contributed by atoms with van der Waals surface area (Å²) in [5.41, 5.74) is 1.64. The zero-order chi connectivity index (χ0) is 16.4. The van der Waals surface area contributed by atoms with Crippen LogP contribution in [-0.4, -0.2) is 15.1 Å². The van der Waals surface area contributed by atoms with Gasteiger partial charge in [0, 0.05) is 6.20 Å². The molecule has 0 aromatic carbocycles. The Kier molecular flexibility index (Phi) is 4.49. The van der Waals surface area contributed by atoms with Crippen molar-refractivity contribution in [3.8, 4) is 11.4 Å². The summed E-state index contributed by atoms with van der Waals surface area (Å²) >= 11 is 0. The van der Waals surface area contributed by atoms with Crippen LogP contribution in [0.15, 0.2) is 42.6 Å². The van der Waals surface area contributed by atoms with Gasteiger partial charge in [-0.25, -0.2) is 4.98 Å². The summed E-state index contributed by atoms with van der Waals surface area (Å²) in [6.45, 7) is 6.63. The number of hydrogen-bond acceptors (Lipinski definition) is 3. The average Bonchev–Trinajstić information content (AvgIpc) is 2.55. The Bertz CT molecular complexity index is 656. The molecule has 1 N–H and O–H groups in total. The molecule has 3 heteroatoms. The van der Waals surface area contributed by atoms with Gasteiger partial charge < -0.3 is 5.11 Å². The van der Waals surface area contributed by atoms with Crippen molar-refractivity contribution >= 4 is 0 Å². The highest BCUT2D eigenvalue weighted by molar-refractivity contribution is 5.53. The Balaban J connectivity index is 2.02. The molecule has 1 saturated carbocycles. The van der Waals surface area contributed by atoms with E-state index < -0.39 is 5.60 Å². The lowest BCUT2D eigenvalue weighted by Crippen LogP contribution is -2.43. The van der Waals surface area contributed by atoms with E-state index in [-0.39, 0.29) is 5.92 Å². The van der Waals surface area contributed by atoms with Gasteiger partial charge in [0.2, 0.25) is 0 Å². The molecule has 0 unspecified atom stereocenters. The van der Waals surface area contributed by atoms with Crippen LogP contribution >= 0.6 is 0 Å². The Hall–Kier alpha value is -1.74. The van der Waals surface area contributed by atoms with E-state index in [4.69, 9.17) is 4.98 Å². The Morgan fingerprint density at radius 1 is 1.09 bits per heavy atom. The van der Waals surface area contributed by atoms with Crippen LogP contribution in [-0.2, 0) is 5.60 Å². The van der Waals surface area contributed by atoms with E-state index in [1.165, 1.54) is 6.42 Å². The standard InChI is InChI=1S/C20H26N2O/c1-14(2)16-11-10-15(3)13-20(16,23)19-9-6-8-18(22-19)17-7-4-5-12-21-17/h4-9,12,14-16,23H,10-11,13H2,1-3H3/t15-,16+,20+/m1/s1. The van der Waals surface area contributed by atoms with Crippen LogP contribution in [0.3, 0.4) is 0 Å². The third kappa shape index (κ3) is 3.16. The molecule has 23 heavy (non-hydrogen) atoms. The first kappa shape index (κ1) is 16.1. The number of aliphatic hydroxyl groups is 1. The van der Waals surface area contributed by atoms with Crippen LogP contribution in [0.25, 0.3) is 11.4 Å². The van der Waals surface area contributed by atoms with E-state index in [9.17, 15) is 5.11 Å². The minimum absolute atomic E-state index is 0.255. The van der Waals surface area contributed by atoms with Gasteiger partial charge in [0.25, 0.3) is 0 Å². The fourth-order valence-corrected chi connectivity index (χ4v) is 4.00. The molecule has 2 heterocycles. The fraction of sp³-hybridized carbons (Fsp3) is 0.500. The third-order valence-corrected chi connectivity index (χ3v) is 5.17. The molecule has 0 amide bonds. The van der Waals surface area contributed by atoms with Crippen LogP contribution < -0.4 is 0 Å². The van der Waals surface area contributed by atoms with Crippen LogP contribution in [0.2, 0.25) is 0 Å². The van der Waals surface area contributed by atoms with Gasteiger partial charge in [0.1, 0.15) is 5.60 Å². The molecule has 1 fully saturated rings. The van der Waals surface area contributed by atoms with Crippen LogP contribution in [0.4, 0.5) is 0 Å². The quantitative estimate of drug-likeness (QED) is 0.912. The van der Waals surface area contributed by atoms with Gasteiger partial charge in [-0.2, -0.15) is 0 Å². The molecule has 3 rings (SSSR count). The molecule has 3 atom stereocenters. The monoisotopic (exact) mass is 310 g/mol. The topological polar surface area (TPSA) is 46.0 Å². The maximum Gasteiger partial charge on any atom is 0.110 e. The SMILES string of the molecule is CC(C)[C@@H]1CC[C@@H](C)C[C@@]1(O)c1cccc(-c2ccccn2)n1. The Morgan fingerprint density at radius 2 is 1.87 bits per heavy atom. The summed E-state index contributed by atoms with van der Waals surface area (Å²) in [6, 6.07) is 11.7. The van der Waals surface area contributed by atoms with Crippen LogP contribution in [0, 0.1) is 17.8 Å². The predicted molar refractivity (Wildman–Crippen MR) is 92.7 cm³/mol. The molecular weight excluding hydrogens is 284 g/mol. The van der Waals surface area contributed by atoms with Crippen molar-refractivity contribution in [2.45, 2.75) is 45.6 Å². The van der Waals surface area contributed by atoms with E-state index in [0.29, 0.717) is 11.8 Å². The average molecular weight is 310 g/mol. The summed E-state index contributed by atoms with van der Waals surface area (Å²) in [5, 5.41) is 11.5. The van der Waals surface area contributed by atoms with E-state index in [0.717, 1.165) is 29.9 Å². The van der Waals surface area contributed by atoms with Gasteiger partial charge in [-0.15, -0.1) is 0 Å². The van der Waals surface area contributed by atoms with Gasteiger partial charge >= 0.3 is 0 Å². The summed E-state index contributed by atoms with van der Waals surface area (Å²) in [6.07, 6.45) is 4.81. The maximum atomic E-state index is 11.5. The zero-order valence-electron chi connectivity index (χ0n) is 14.2. The Labute approximate surface area is 138 Å². The Morgan fingerprint density at radius 3 is 2.57 bits per heavy atom. The van der Waals surface area contributed by atoms with E-state index in [1.807, 2.05) is 36.4 Å². The molecule has 0 saturated heterocycles. The smallest absolute Gasteiger partial charge is 0.110 e. The number of rotatable bonds is 3. The van der Waals surface area contributed by atoms with Gasteiger partial charge in [0.15, 0.2) is 0 Å². The van der Waals surface area contributed by atoms with Crippen molar-refractivity contribution in [2.75, 3.05) is 0 Å². The van der Waals surface area contributed by atoms with Crippen molar-refractivity contribution < 1.29 is 5.11 Å². The maximum absolute atomic E-state index is 11.5. The summed E-state index contributed by atoms with van der Waals surface area (Å²) < 4.78 is 0. The lowest BCUT2D eigenvalue weighted by Gasteiger charge is -2.44. The van der Waals surface area contributed by atoms with Crippen molar-refractivity contribution in [1.82, 2.24) is 9.97 Å². The van der Waals surface area contributed by atoms with Gasteiger partial charge in [0.05, 0.1) is 17.1 Å². The lowest BCUT2D eigenvalue weighted by atomic mass is 9.65. The minimum atomic E-state index is -0.837. The van der Waals surface area contributed by atoms with Gasteiger partial charge in [-0.3, -0.25) is 4.98 Å². The summed E-state index contributed by atoms with van der Waals surface area (Å²) in [4.78, 5) is 9.18. The van der Waals surface area contributed by atoms with Gasteiger partial charge in [-0.1, -0.05) is 39.3 Å². The highest BCUT2D eigenvalue weighted by atomic mass is 16.3. The van der Waals surface area contributed by atoms with Crippen LogP contribution in [0.5, 0.6) is 0 Å². The number of pyridine rings is 2. The molecule has 0 spiro atoms. The molecule has 1 aliphatic carbocycles. The second kappa shape index (κ2) is 6.40. The second-order valence-electron chi connectivity index (χ2n) is 7.28. The third-order valence-electron chi connectivity index (χ3n) is 5.17. The number of hydrogen-bond donors (Lipinski definition) is 1. The summed E-state index contributed by atoms with van der Waals surface area (Å²) in [7, 11) is 0. The van der Waals surface area contributed by atoms with Crippen molar-refractivity contribution in [3.05, 3.63) is 48.3 Å². The molecule has 122 valence electrons. The van der Waals surface area contributed by atoms with Crippen LogP contribution in [0.1, 0.15) is 45.7 Å². The molecule has 0 bridgehead atoms. The molecular formula is C20H26N2O. The highest BCUT2D eigenvalue weighted by Crippen LogP contribution is 2.46. The molecule has 3 nitrogen and oxygen atoms in total. The first-order valence-corrected chi connectivity index (χ1v) is 8.62. The fourth-order valence-electron chi connectivity index (χ4n) is 4.00. The van der Waals surface area contributed by atoms with Crippen molar-refractivity contribution in [3.63, 3.8) is 0 Å². The molecule has 2 aromatic heterocycles. The normalized spacial score (nSPS) is 28.0. The van der Waals surface area contributed by atoms with E-state index in [2.05, 4.69) is 25.8 Å².